The molecule has 5 heteroatoms. The van der Waals surface area contributed by atoms with Crippen molar-refractivity contribution in [3.8, 4) is 5.75 Å². The number of benzene rings is 2. The minimum Gasteiger partial charge on any atom is -0.495 e. The van der Waals surface area contributed by atoms with Crippen LogP contribution in [0, 0.1) is 0 Å². The number of hydrogen-bond donors (Lipinski definition) is 2. The Labute approximate surface area is 119 Å². The lowest BCUT2D eigenvalue weighted by molar-refractivity contribution is 0.102. The monoisotopic (exact) mass is 320 g/mol. The number of halogens is 1. The molecule has 2 rings (SSSR count). The number of rotatable bonds is 3. The second-order valence-electron chi connectivity index (χ2n) is 3.89. The van der Waals surface area contributed by atoms with E-state index in [1.54, 1.807) is 24.3 Å². The molecule has 0 bridgehead atoms. The summed E-state index contributed by atoms with van der Waals surface area (Å²) >= 11 is 3.34. The van der Waals surface area contributed by atoms with Crippen molar-refractivity contribution in [2.45, 2.75) is 0 Å². The van der Waals surface area contributed by atoms with E-state index >= 15 is 0 Å². The zero-order valence-corrected chi connectivity index (χ0v) is 11.9. The van der Waals surface area contributed by atoms with Crippen molar-refractivity contribution in [3.05, 3.63) is 52.5 Å². The van der Waals surface area contributed by atoms with Crippen molar-refractivity contribution in [2.24, 2.45) is 0 Å². The van der Waals surface area contributed by atoms with Crippen LogP contribution in [0.5, 0.6) is 5.75 Å². The van der Waals surface area contributed by atoms with E-state index in [1.807, 2.05) is 18.2 Å². The first-order valence-corrected chi connectivity index (χ1v) is 6.40. The summed E-state index contributed by atoms with van der Waals surface area (Å²) in [5, 5.41) is 2.80. The van der Waals surface area contributed by atoms with Gasteiger partial charge in [0.2, 0.25) is 0 Å². The fourth-order valence-electron chi connectivity index (χ4n) is 1.63. The molecular formula is C14H13BrN2O2. The van der Waals surface area contributed by atoms with Crippen LogP contribution < -0.4 is 15.8 Å². The Balaban J connectivity index is 2.22. The van der Waals surface area contributed by atoms with Crippen molar-refractivity contribution in [1.82, 2.24) is 0 Å². The first-order chi connectivity index (χ1) is 9.11. The van der Waals surface area contributed by atoms with Crippen LogP contribution in [0.1, 0.15) is 10.4 Å². The van der Waals surface area contributed by atoms with Crippen LogP contribution in [0.25, 0.3) is 0 Å². The molecule has 2 aromatic carbocycles. The molecule has 4 nitrogen and oxygen atoms in total. The molecule has 0 aliphatic rings. The lowest BCUT2D eigenvalue weighted by Crippen LogP contribution is -2.12. The van der Waals surface area contributed by atoms with Gasteiger partial charge in [0.05, 0.1) is 18.4 Å². The van der Waals surface area contributed by atoms with Gasteiger partial charge in [-0.05, 0) is 40.2 Å². The molecule has 0 heterocycles. The largest absolute Gasteiger partial charge is 0.495 e. The second kappa shape index (κ2) is 5.75. The van der Waals surface area contributed by atoms with E-state index in [4.69, 9.17) is 10.5 Å². The van der Waals surface area contributed by atoms with Gasteiger partial charge in [-0.1, -0.05) is 12.1 Å². The number of nitrogens with one attached hydrogen (secondary N) is 1. The molecule has 0 aromatic heterocycles. The van der Waals surface area contributed by atoms with E-state index < -0.39 is 0 Å². The standard InChI is InChI=1S/C14H13BrN2O2/c1-19-13-8-9(6-7-12(13)16)17-14(18)10-4-2-3-5-11(10)15/h2-8H,16H2,1H3,(H,17,18). The van der Waals surface area contributed by atoms with Gasteiger partial charge >= 0.3 is 0 Å². The Morgan fingerprint density at radius 3 is 2.68 bits per heavy atom. The minimum atomic E-state index is -0.195. The summed E-state index contributed by atoms with van der Waals surface area (Å²) in [5.41, 5.74) is 7.45. The van der Waals surface area contributed by atoms with Crippen LogP contribution in [0.4, 0.5) is 11.4 Å². The van der Waals surface area contributed by atoms with Gasteiger partial charge in [-0.2, -0.15) is 0 Å². The molecule has 0 atom stereocenters. The zero-order valence-electron chi connectivity index (χ0n) is 10.3. The highest BCUT2D eigenvalue weighted by Crippen LogP contribution is 2.26. The maximum absolute atomic E-state index is 12.1. The molecular weight excluding hydrogens is 308 g/mol. The van der Waals surface area contributed by atoms with E-state index in [-0.39, 0.29) is 5.91 Å². The predicted molar refractivity (Wildman–Crippen MR) is 79.5 cm³/mol. The minimum absolute atomic E-state index is 0.195. The summed E-state index contributed by atoms with van der Waals surface area (Å²) in [6.07, 6.45) is 0. The molecule has 0 radical (unpaired) electrons. The number of methoxy groups -OCH3 is 1. The fourth-order valence-corrected chi connectivity index (χ4v) is 2.10. The van der Waals surface area contributed by atoms with E-state index in [1.165, 1.54) is 7.11 Å². The highest BCUT2D eigenvalue weighted by molar-refractivity contribution is 9.10. The van der Waals surface area contributed by atoms with Crippen LogP contribution in [0.3, 0.4) is 0 Å². The van der Waals surface area contributed by atoms with Crippen molar-refractivity contribution in [3.63, 3.8) is 0 Å². The molecule has 2 aromatic rings. The summed E-state index contributed by atoms with van der Waals surface area (Å²) in [6, 6.07) is 12.3. The molecule has 19 heavy (non-hydrogen) atoms. The third kappa shape index (κ3) is 3.06. The van der Waals surface area contributed by atoms with E-state index in [2.05, 4.69) is 21.2 Å². The first-order valence-electron chi connectivity index (χ1n) is 5.61. The van der Waals surface area contributed by atoms with Crippen molar-refractivity contribution in [1.29, 1.82) is 0 Å². The molecule has 3 N–H and O–H groups in total. The summed E-state index contributed by atoms with van der Waals surface area (Å²) in [6.45, 7) is 0. The SMILES string of the molecule is COc1cc(NC(=O)c2ccccc2Br)ccc1N. The predicted octanol–water partition coefficient (Wildman–Crippen LogP) is 3.29. The van der Waals surface area contributed by atoms with Crippen LogP contribution in [-0.2, 0) is 0 Å². The molecule has 0 aliphatic carbocycles. The molecule has 0 fully saturated rings. The van der Waals surface area contributed by atoms with Gasteiger partial charge in [-0.3, -0.25) is 4.79 Å². The van der Waals surface area contributed by atoms with Crippen molar-refractivity contribution in [2.75, 3.05) is 18.2 Å². The lowest BCUT2D eigenvalue weighted by Gasteiger charge is -2.09. The van der Waals surface area contributed by atoms with Crippen molar-refractivity contribution < 1.29 is 9.53 Å². The quantitative estimate of drug-likeness (QED) is 0.853. The number of ether oxygens (including phenoxy) is 1. The second-order valence-corrected chi connectivity index (χ2v) is 4.75. The van der Waals surface area contributed by atoms with Gasteiger partial charge < -0.3 is 15.8 Å². The molecule has 98 valence electrons. The van der Waals surface area contributed by atoms with Gasteiger partial charge in [0, 0.05) is 16.2 Å². The van der Waals surface area contributed by atoms with Gasteiger partial charge in [-0.15, -0.1) is 0 Å². The molecule has 0 saturated heterocycles. The van der Waals surface area contributed by atoms with Crippen molar-refractivity contribution >= 4 is 33.2 Å². The van der Waals surface area contributed by atoms with Gasteiger partial charge in [0.25, 0.3) is 5.91 Å². The number of carbonyl (C=O) groups is 1. The summed E-state index contributed by atoms with van der Waals surface area (Å²) < 4.78 is 5.86. The first kappa shape index (κ1) is 13.4. The Morgan fingerprint density at radius 1 is 1.26 bits per heavy atom. The zero-order chi connectivity index (χ0) is 13.8. The van der Waals surface area contributed by atoms with Gasteiger partial charge in [-0.25, -0.2) is 0 Å². The Kier molecular flexibility index (Phi) is 4.06. The number of carbonyl (C=O) groups excluding carboxylic acids is 1. The molecule has 0 aliphatic heterocycles. The normalized spacial score (nSPS) is 10.0. The highest BCUT2D eigenvalue weighted by Gasteiger charge is 2.10. The van der Waals surface area contributed by atoms with Crippen LogP contribution in [-0.4, -0.2) is 13.0 Å². The number of amides is 1. The number of hydrogen-bond acceptors (Lipinski definition) is 3. The fraction of sp³-hybridized carbons (Fsp3) is 0.0714. The smallest absolute Gasteiger partial charge is 0.256 e. The van der Waals surface area contributed by atoms with Gasteiger partial charge in [0.15, 0.2) is 0 Å². The Morgan fingerprint density at radius 2 is 2.00 bits per heavy atom. The maximum Gasteiger partial charge on any atom is 0.256 e. The Bertz CT molecular complexity index is 614. The molecule has 0 saturated carbocycles. The summed E-state index contributed by atoms with van der Waals surface area (Å²) in [7, 11) is 1.53. The topological polar surface area (TPSA) is 64.3 Å². The summed E-state index contributed by atoms with van der Waals surface area (Å²) in [4.78, 5) is 12.1. The van der Waals surface area contributed by atoms with E-state index in [9.17, 15) is 4.79 Å². The third-order valence-corrected chi connectivity index (χ3v) is 3.30. The number of nitrogens with two attached hydrogens (primary N) is 1. The van der Waals surface area contributed by atoms with Crippen LogP contribution >= 0.6 is 15.9 Å². The van der Waals surface area contributed by atoms with E-state index in [0.29, 0.717) is 22.7 Å². The number of anilines is 2. The highest BCUT2D eigenvalue weighted by atomic mass is 79.9. The molecule has 0 unspecified atom stereocenters. The maximum atomic E-state index is 12.1. The van der Waals surface area contributed by atoms with Crippen LogP contribution in [0.2, 0.25) is 0 Å². The van der Waals surface area contributed by atoms with E-state index in [0.717, 1.165) is 4.47 Å². The molecule has 1 amide bonds. The summed E-state index contributed by atoms with van der Waals surface area (Å²) in [5.74, 6) is 0.337. The number of nitrogen functional groups attached to an aromatic ring is 1. The average molecular weight is 321 g/mol. The Hall–Kier alpha value is -2.01. The van der Waals surface area contributed by atoms with Gasteiger partial charge in [0.1, 0.15) is 5.75 Å². The average Bonchev–Trinajstić information content (AvgIpc) is 2.41. The third-order valence-electron chi connectivity index (χ3n) is 2.61. The lowest BCUT2D eigenvalue weighted by atomic mass is 10.2. The van der Waals surface area contributed by atoms with Crippen LogP contribution in [0.15, 0.2) is 46.9 Å². The molecule has 0 spiro atoms.